The number of morpholine rings is 1. The number of carbonyl (C=O) groups is 1. The Hall–Kier alpha value is -2.25. The minimum absolute atomic E-state index is 0.0902. The molecule has 2 heterocycles. The molecule has 134 valence electrons. The van der Waals surface area contributed by atoms with Gasteiger partial charge in [0.2, 0.25) is 11.8 Å². The molecule has 1 aliphatic rings. The fourth-order valence-corrected chi connectivity index (χ4v) is 2.79. The second-order valence-electron chi connectivity index (χ2n) is 6.32. The highest BCUT2D eigenvalue weighted by molar-refractivity contribution is 5.95. The van der Waals surface area contributed by atoms with E-state index < -0.39 is 0 Å². The maximum Gasteiger partial charge on any atom is 0.251 e. The molecule has 1 aromatic carbocycles. The van der Waals surface area contributed by atoms with Crippen LogP contribution in [0.25, 0.3) is 11.5 Å². The van der Waals surface area contributed by atoms with Crippen LogP contribution in [0, 0.1) is 6.92 Å². The highest BCUT2D eigenvalue weighted by Gasteiger charge is 2.15. The van der Waals surface area contributed by atoms with Crippen molar-refractivity contribution in [3.8, 4) is 11.5 Å². The summed E-state index contributed by atoms with van der Waals surface area (Å²) in [5, 5.41) is 10.9. The molecule has 25 heavy (non-hydrogen) atoms. The van der Waals surface area contributed by atoms with Crippen LogP contribution in [0.2, 0.25) is 0 Å². The molecule has 1 fully saturated rings. The van der Waals surface area contributed by atoms with E-state index in [1.165, 1.54) is 0 Å². The van der Waals surface area contributed by atoms with Gasteiger partial charge in [0.1, 0.15) is 0 Å². The Bertz CT molecular complexity index is 710. The number of aromatic nitrogens is 2. The van der Waals surface area contributed by atoms with E-state index in [1.807, 2.05) is 19.1 Å². The average Bonchev–Trinajstić information content (AvgIpc) is 3.07. The summed E-state index contributed by atoms with van der Waals surface area (Å²) in [5.74, 6) is 0.835. The Morgan fingerprint density at radius 1 is 1.32 bits per heavy atom. The molecule has 1 atom stereocenters. The fourth-order valence-electron chi connectivity index (χ4n) is 2.79. The maximum absolute atomic E-state index is 12.5. The predicted molar refractivity (Wildman–Crippen MR) is 93.3 cm³/mol. The molecule has 1 saturated heterocycles. The molecular formula is C18H24N4O3. The second kappa shape index (κ2) is 8.22. The van der Waals surface area contributed by atoms with E-state index in [-0.39, 0.29) is 11.9 Å². The first-order chi connectivity index (χ1) is 12.1. The number of carbonyl (C=O) groups excluding carboxylic acids is 1. The lowest BCUT2D eigenvalue weighted by Gasteiger charge is -2.27. The topological polar surface area (TPSA) is 80.5 Å². The maximum atomic E-state index is 12.5. The van der Waals surface area contributed by atoms with Crippen LogP contribution in [-0.2, 0) is 4.74 Å². The van der Waals surface area contributed by atoms with Crippen LogP contribution in [0.5, 0.6) is 0 Å². The minimum Gasteiger partial charge on any atom is -0.421 e. The molecule has 0 spiro atoms. The van der Waals surface area contributed by atoms with Crippen molar-refractivity contribution in [3.05, 3.63) is 35.7 Å². The standard InChI is InChI=1S/C18H24N4O3/c1-13(6-7-22-8-10-24-11-9-22)19-17(23)15-4-3-5-16(12-15)18-21-20-14(2)25-18/h3-5,12-13H,6-11H2,1-2H3,(H,19,23)/t13-/m0/s1. The molecule has 1 aliphatic heterocycles. The molecule has 7 nitrogen and oxygen atoms in total. The van der Waals surface area contributed by atoms with E-state index in [1.54, 1.807) is 19.1 Å². The third kappa shape index (κ3) is 4.87. The summed E-state index contributed by atoms with van der Waals surface area (Å²) >= 11 is 0. The van der Waals surface area contributed by atoms with Crippen LogP contribution in [-0.4, -0.2) is 59.9 Å². The molecular weight excluding hydrogens is 320 g/mol. The van der Waals surface area contributed by atoms with Crippen molar-refractivity contribution in [3.63, 3.8) is 0 Å². The Balaban J connectivity index is 1.55. The molecule has 0 unspecified atom stereocenters. The van der Waals surface area contributed by atoms with Gasteiger partial charge in [-0.15, -0.1) is 10.2 Å². The van der Waals surface area contributed by atoms with Gasteiger partial charge in [0.25, 0.3) is 5.91 Å². The van der Waals surface area contributed by atoms with Crippen molar-refractivity contribution < 1.29 is 13.9 Å². The molecule has 1 aromatic heterocycles. The van der Waals surface area contributed by atoms with Crippen molar-refractivity contribution in [1.29, 1.82) is 0 Å². The van der Waals surface area contributed by atoms with Crippen molar-refractivity contribution in [2.75, 3.05) is 32.8 Å². The number of benzene rings is 1. The summed E-state index contributed by atoms with van der Waals surface area (Å²) < 4.78 is 10.8. The number of hydrogen-bond acceptors (Lipinski definition) is 6. The zero-order chi connectivity index (χ0) is 17.6. The first kappa shape index (κ1) is 17.6. The lowest BCUT2D eigenvalue weighted by molar-refractivity contribution is 0.0363. The molecule has 1 amide bonds. The van der Waals surface area contributed by atoms with Crippen molar-refractivity contribution in [2.45, 2.75) is 26.3 Å². The quantitative estimate of drug-likeness (QED) is 0.862. The Morgan fingerprint density at radius 3 is 2.84 bits per heavy atom. The normalized spacial score (nSPS) is 16.6. The van der Waals surface area contributed by atoms with Gasteiger partial charge in [0, 0.05) is 43.7 Å². The Kier molecular flexibility index (Phi) is 5.78. The monoisotopic (exact) mass is 344 g/mol. The average molecular weight is 344 g/mol. The molecule has 2 aromatic rings. The van der Waals surface area contributed by atoms with Gasteiger partial charge >= 0.3 is 0 Å². The van der Waals surface area contributed by atoms with Crippen LogP contribution >= 0.6 is 0 Å². The first-order valence-corrected chi connectivity index (χ1v) is 8.63. The van der Waals surface area contributed by atoms with Crippen LogP contribution in [0.3, 0.4) is 0 Å². The first-order valence-electron chi connectivity index (χ1n) is 8.63. The Morgan fingerprint density at radius 2 is 2.12 bits per heavy atom. The predicted octanol–water partition coefficient (Wildman–Crippen LogP) is 1.89. The van der Waals surface area contributed by atoms with Crippen molar-refractivity contribution >= 4 is 5.91 Å². The number of hydrogen-bond donors (Lipinski definition) is 1. The lowest BCUT2D eigenvalue weighted by atomic mass is 10.1. The van der Waals surface area contributed by atoms with E-state index in [9.17, 15) is 4.79 Å². The molecule has 0 radical (unpaired) electrons. The van der Waals surface area contributed by atoms with E-state index in [2.05, 4.69) is 20.4 Å². The highest BCUT2D eigenvalue weighted by atomic mass is 16.5. The molecule has 0 aliphatic carbocycles. The smallest absolute Gasteiger partial charge is 0.251 e. The summed E-state index contributed by atoms with van der Waals surface area (Å²) in [6.07, 6.45) is 0.911. The van der Waals surface area contributed by atoms with Gasteiger partial charge in [-0.1, -0.05) is 6.07 Å². The van der Waals surface area contributed by atoms with E-state index in [0.29, 0.717) is 17.3 Å². The molecule has 0 bridgehead atoms. The second-order valence-corrected chi connectivity index (χ2v) is 6.32. The number of nitrogens with zero attached hydrogens (tertiary/aromatic N) is 3. The number of nitrogens with one attached hydrogen (secondary N) is 1. The van der Waals surface area contributed by atoms with Crippen LogP contribution in [0.4, 0.5) is 0 Å². The molecule has 0 saturated carbocycles. The fraction of sp³-hybridized carbons (Fsp3) is 0.500. The third-order valence-corrected chi connectivity index (χ3v) is 4.26. The van der Waals surface area contributed by atoms with Gasteiger partial charge in [-0.3, -0.25) is 9.69 Å². The number of ether oxygens (including phenoxy) is 1. The van der Waals surface area contributed by atoms with Gasteiger partial charge in [-0.05, 0) is 31.5 Å². The van der Waals surface area contributed by atoms with Gasteiger partial charge in [0.05, 0.1) is 13.2 Å². The zero-order valence-electron chi connectivity index (χ0n) is 14.7. The third-order valence-electron chi connectivity index (χ3n) is 4.26. The summed E-state index contributed by atoms with van der Waals surface area (Å²) in [5.41, 5.74) is 1.33. The van der Waals surface area contributed by atoms with Crippen molar-refractivity contribution in [1.82, 2.24) is 20.4 Å². The molecule has 7 heteroatoms. The lowest BCUT2D eigenvalue weighted by Crippen LogP contribution is -2.40. The van der Waals surface area contributed by atoms with Gasteiger partial charge in [-0.2, -0.15) is 0 Å². The SMILES string of the molecule is Cc1nnc(-c2cccc(C(=O)N[C@@H](C)CCN3CCOCC3)c2)o1. The van der Waals surface area contributed by atoms with Gasteiger partial charge in [-0.25, -0.2) is 0 Å². The van der Waals surface area contributed by atoms with E-state index in [4.69, 9.17) is 9.15 Å². The number of aryl methyl sites for hydroxylation is 1. The van der Waals surface area contributed by atoms with E-state index >= 15 is 0 Å². The highest BCUT2D eigenvalue weighted by Crippen LogP contribution is 2.19. The van der Waals surface area contributed by atoms with Gasteiger partial charge < -0.3 is 14.5 Å². The molecule has 1 N–H and O–H groups in total. The summed E-state index contributed by atoms with van der Waals surface area (Å²) in [4.78, 5) is 14.8. The zero-order valence-corrected chi connectivity index (χ0v) is 14.7. The summed E-state index contributed by atoms with van der Waals surface area (Å²) in [6, 6.07) is 7.34. The summed E-state index contributed by atoms with van der Waals surface area (Å²) in [7, 11) is 0. The van der Waals surface area contributed by atoms with Gasteiger partial charge in [0.15, 0.2) is 0 Å². The van der Waals surface area contributed by atoms with Crippen LogP contribution in [0.15, 0.2) is 28.7 Å². The van der Waals surface area contributed by atoms with E-state index in [0.717, 1.165) is 44.8 Å². The Labute approximate surface area is 147 Å². The number of amides is 1. The van der Waals surface area contributed by atoms with Crippen LogP contribution in [0.1, 0.15) is 29.6 Å². The minimum atomic E-state index is -0.0902. The number of rotatable bonds is 6. The van der Waals surface area contributed by atoms with Crippen molar-refractivity contribution in [2.24, 2.45) is 0 Å². The van der Waals surface area contributed by atoms with Crippen LogP contribution < -0.4 is 5.32 Å². The summed E-state index contributed by atoms with van der Waals surface area (Å²) in [6.45, 7) is 8.25. The largest absolute Gasteiger partial charge is 0.421 e. The molecule has 3 rings (SSSR count).